The van der Waals surface area contributed by atoms with E-state index in [1.165, 1.54) is 19.3 Å². The minimum absolute atomic E-state index is 0.350. The number of carbonyl (C=O) groups excluding carboxylic acids is 1. The monoisotopic (exact) mass is 232 g/mol. The normalized spacial score (nSPS) is 22.4. The lowest BCUT2D eigenvalue weighted by Crippen LogP contribution is -2.30. The molecular weight excluding hydrogens is 212 g/mol. The second kappa shape index (κ2) is 4.40. The van der Waals surface area contributed by atoms with Crippen molar-refractivity contribution >= 4 is 11.6 Å². The molecule has 1 aliphatic rings. The number of primary amides is 1. The third-order valence-corrected chi connectivity index (χ3v) is 3.77. The van der Waals surface area contributed by atoms with E-state index in [-0.39, 0.29) is 5.91 Å². The summed E-state index contributed by atoms with van der Waals surface area (Å²) >= 11 is 0. The fourth-order valence-electron chi connectivity index (χ4n) is 2.53. The summed E-state index contributed by atoms with van der Waals surface area (Å²) in [6.45, 7) is 4.60. The van der Waals surface area contributed by atoms with Crippen molar-refractivity contribution in [3.63, 3.8) is 0 Å². The van der Waals surface area contributed by atoms with Crippen LogP contribution >= 0.6 is 0 Å². The summed E-state index contributed by atoms with van der Waals surface area (Å²) in [5.74, 6) is -0.377. The van der Waals surface area contributed by atoms with Crippen molar-refractivity contribution < 1.29 is 4.79 Å². The fourth-order valence-corrected chi connectivity index (χ4v) is 2.53. The highest BCUT2D eigenvalue weighted by atomic mass is 16.1. The highest BCUT2D eigenvalue weighted by Gasteiger charge is 2.34. The standard InChI is InChI=1S/C14H20N2O/c1-14(2)9-3-4-12(14)16-11-7-5-10(6-8-11)13(15)17/h5-8,12,16H,3-4,9H2,1-2H3,(H2,15,17). The first-order chi connectivity index (χ1) is 7.99. The van der Waals surface area contributed by atoms with E-state index in [1.54, 1.807) is 12.1 Å². The van der Waals surface area contributed by atoms with Crippen LogP contribution in [-0.4, -0.2) is 11.9 Å². The van der Waals surface area contributed by atoms with Gasteiger partial charge in [-0.05, 0) is 42.5 Å². The Labute approximate surface area is 102 Å². The first-order valence-corrected chi connectivity index (χ1v) is 6.15. The first-order valence-electron chi connectivity index (χ1n) is 6.15. The van der Waals surface area contributed by atoms with Crippen LogP contribution in [0.15, 0.2) is 24.3 Å². The molecule has 3 N–H and O–H groups in total. The zero-order valence-electron chi connectivity index (χ0n) is 10.5. The van der Waals surface area contributed by atoms with E-state index in [2.05, 4.69) is 19.2 Å². The van der Waals surface area contributed by atoms with Gasteiger partial charge >= 0.3 is 0 Å². The molecule has 1 amide bonds. The molecule has 0 aliphatic heterocycles. The Kier molecular flexibility index (Phi) is 3.09. The van der Waals surface area contributed by atoms with Gasteiger partial charge in [0.05, 0.1) is 0 Å². The molecular formula is C14H20N2O. The molecule has 1 saturated carbocycles. The van der Waals surface area contributed by atoms with Crippen LogP contribution in [0.2, 0.25) is 0 Å². The smallest absolute Gasteiger partial charge is 0.248 e. The van der Waals surface area contributed by atoms with Gasteiger partial charge < -0.3 is 11.1 Å². The molecule has 3 nitrogen and oxygen atoms in total. The maximum Gasteiger partial charge on any atom is 0.248 e. The Morgan fingerprint density at radius 2 is 2.00 bits per heavy atom. The van der Waals surface area contributed by atoms with Gasteiger partial charge in [0.15, 0.2) is 0 Å². The third kappa shape index (κ3) is 2.60. The molecule has 92 valence electrons. The van der Waals surface area contributed by atoms with E-state index in [0.29, 0.717) is 17.0 Å². The van der Waals surface area contributed by atoms with Crippen LogP contribution in [0, 0.1) is 5.41 Å². The summed E-state index contributed by atoms with van der Waals surface area (Å²) in [6, 6.07) is 7.91. The van der Waals surface area contributed by atoms with Crippen molar-refractivity contribution in [3.8, 4) is 0 Å². The molecule has 1 fully saturated rings. The number of amides is 1. The molecule has 1 aromatic rings. The Morgan fingerprint density at radius 3 is 2.47 bits per heavy atom. The topological polar surface area (TPSA) is 55.1 Å². The second-order valence-corrected chi connectivity index (χ2v) is 5.52. The zero-order chi connectivity index (χ0) is 12.5. The summed E-state index contributed by atoms with van der Waals surface area (Å²) in [7, 11) is 0. The van der Waals surface area contributed by atoms with Crippen molar-refractivity contribution in [1.29, 1.82) is 0 Å². The van der Waals surface area contributed by atoms with Gasteiger partial charge in [-0.25, -0.2) is 0 Å². The number of carbonyl (C=O) groups is 1. The summed E-state index contributed by atoms with van der Waals surface area (Å²) in [5, 5.41) is 3.55. The van der Waals surface area contributed by atoms with E-state index in [1.807, 2.05) is 12.1 Å². The van der Waals surface area contributed by atoms with Gasteiger partial charge in [0, 0.05) is 17.3 Å². The molecule has 0 saturated heterocycles. The van der Waals surface area contributed by atoms with Crippen molar-refractivity contribution in [2.24, 2.45) is 11.1 Å². The molecule has 3 heteroatoms. The van der Waals surface area contributed by atoms with Crippen LogP contribution in [-0.2, 0) is 0 Å². The summed E-state index contributed by atoms with van der Waals surface area (Å²) in [4.78, 5) is 11.0. The van der Waals surface area contributed by atoms with Crippen LogP contribution in [0.4, 0.5) is 5.69 Å². The van der Waals surface area contributed by atoms with Crippen molar-refractivity contribution in [2.75, 3.05) is 5.32 Å². The number of benzene rings is 1. The Bertz CT molecular complexity index is 409. The van der Waals surface area contributed by atoms with E-state index in [0.717, 1.165) is 5.69 Å². The highest BCUT2D eigenvalue weighted by Crippen LogP contribution is 2.38. The van der Waals surface area contributed by atoms with Crippen LogP contribution in [0.3, 0.4) is 0 Å². The summed E-state index contributed by atoms with van der Waals surface area (Å²) < 4.78 is 0. The number of nitrogens with two attached hydrogens (primary N) is 1. The number of hydrogen-bond acceptors (Lipinski definition) is 2. The number of hydrogen-bond donors (Lipinski definition) is 2. The molecule has 2 rings (SSSR count). The lowest BCUT2D eigenvalue weighted by molar-refractivity contribution is 0.100. The van der Waals surface area contributed by atoms with Crippen LogP contribution < -0.4 is 11.1 Å². The molecule has 0 heterocycles. The minimum atomic E-state index is -0.377. The zero-order valence-corrected chi connectivity index (χ0v) is 10.5. The average molecular weight is 232 g/mol. The van der Waals surface area contributed by atoms with Gasteiger partial charge in [-0.3, -0.25) is 4.79 Å². The van der Waals surface area contributed by atoms with Crippen molar-refractivity contribution in [2.45, 2.75) is 39.2 Å². The Hall–Kier alpha value is -1.51. The van der Waals surface area contributed by atoms with Crippen LogP contribution in [0.25, 0.3) is 0 Å². The lowest BCUT2D eigenvalue weighted by Gasteiger charge is -2.28. The Balaban J connectivity index is 2.06. The highest BCUT2D eigenvalue weighted by molar-refractivity contribution is 5.93. The predicted octanol–water partition coefficient (Wildman–Crippen LogP) is 2.78. The van der Waals surface area contributed by atoms with Crippen LogP contribution in [0.5, 0.6) is 0 Å². The molecule has 1 atom stereocenters. The molecule has 17 heavy (non-hydrogen) atoms. The second-order valence-electron chi connectivity index (χ2n) is 5.52. The molecule has 1 aliphatic carbocycles. The molecule has 0 spiro atoms. The average Bonchev–Trinajstić information content (AvgIpc) is 2.59. The Morgan fingerprint density at radius 1 is 1.35 bits per heavy atom. The molecule has 0 radical (unpaired) electrons. The number of nitrogens with one attached hydrogen (secondary N) is 1. The van der Waals surface area contributed by atoms with Gasteiger partial charge in [0.1, 0.15) is 0 Å². The van der Waals surface area contributed by atoms with Crippen LogP contribution in [0.1, 0.15) is 43.5 Å². The lowest BCUT2D eigenvalue weighted by atomic mass is 9.87. The third-order valence-electron chi connectivity index (χ3n) is 3.77. The maximum atomic E-state index is 11.0. The van der Waals surface area contributed by atoms with Crippen molar-refractivity contribution in [1.82, 2.24) is 0 Å². The fraction of sp³-hybridized carbons (Fsp3) is 0.500. The van der Waals surface area contributed by atoms with Gasteiger partial charge in [-0.1, -0.05) is 20.3 Å². The quantitative estimate of drug-likeness (QED) is 0.842. The van der Waals surface area contributed by atoms with Gasteiger partial charge in [0.25, 0.3) is 0 Å². The van der Waals surface area contributed by atoms with E-state index < -0.39 is 0 Å². The maximum absolute atomic E-state index is 11.0. The van der Waals surface area contributed by atoms with Gasteiger partial charge in [0.2, 0.25) is 5.91 Å². The van der Waals surface area contributed by atoms with E-state index in [9.17, 15) is 4.79 Å². The summed E-state index contributed by atoms with van der Waals surface area (Å²) in [5.41, 5.74) is 7.18. The molecule has 1 aromatic carbocycles. The van der Waals surface area contributed by atoms with Gasteiger partial charge in [-0.2, -0.15) is 0 Å². The van der Waals surface area contributed by atoms with E-state index in [4.69, 9.17) is 5.73 Å². The predicted molar refractivity (Wildman–Crippen MR) is 70.0 cm³/mol. The molecule has 0 bridgehead atoms. The number of anilines is 1. The minimum Gasteiger partial charge on any atom is -0.382 e. The molecule has 1 unspecified atom stereocenters. The van der Waals surface area contributed by atoms with Gasteiger partial charge in [-0.15, -0.1) is 0 Å². The van der Waals surface area contributed by atoms with Crippen molar-refractivity contribution in [3.05, 3.63) is 29.8 Å². The SMILES string of the molecule is CC1(C)CCCC1Nc1ccc(C(N)=O)cc1. The number of rotatable bonds is 3. The summed E-state index contributed by atoms with van der Waals surface area (Å²) in [6.07, 6.45) is 3.76. The van der Waals surface area contributed by atoms with E-state index >= 15 is 0 Å². The largest absolute Gasteiger partial charge is 0.382 e. The molecule has 0 aromatic heterocycles. The first kappa shape index (κ1) is 12.0.